The van der Waals surface area contributed by atoms with Gasteiger partial charge in [0.1, 0.15) is 0 Å². The van der Waals surface area contributed by atoms with Crippen molar-refractivity contribution in [2.75, 3.05) is 27.8 Å². The third-order valence-electron chi connectivity index (χ3n) is 4.02. The van der Waals surface area contributed by atoms with Gasteiger partial charge in [-0.2, -0.15) is 0 Å². The van der Waals surface area contributed by atoms with Crippen LogP contribution in [0.2, 0.25) is 0 Å². The number of hydrogen-bond acceptors (Lipinski definition) is 3. The molecule has 0 unspecified atom stereocenters. The van der Waals surface area contributed by atoms with Gasteiger partial charge in [0, 0.05) is 23.6 Å². The fourth-order valence-electron chi connectivity index (χ4n) is 2.52. The number of amides is 3. The fourth-order valence-corrected chi connectivity index (χ4v) is 2.52. The van der Waals surface area contributed by atoms with Crippen LogP contribution in [0.25, 0.3) is 0 Å². The van der Waals surface area contributed by atoms with Crippen molar-refractivity contribution in [1.29, 1.82) is 0 Å². The van der Waals surface area contributed by atoms with Crippen molar-refractivity contribution in [2.24, 2.45) is 0 Å². The maximum Gasteiger partial charge on any atom is 0.411 e. The minimum absolute atomic E-state index is 0.314. The van der Waals surface area contributed by atoms with Crippen molar-refractivity contribution in [3.8, 4) is 0 Å². The van der Waals surface area contributed by atoms with Crippen LogP contribution in [-0.4, -0.2) is 23.8 Å². The normalized spacial score (nSPS) is 10.2. The van der Waals surface area contributed by atoms with Crippen LogP contribution in [0.15, 0.2) is 36.4 Å². The van der Waals surface area contributed by atoms with E-state index in [9.17, 15) is 14.7 Å². The highest BCUT2D eigenvalue weighted by Gasteiger charge is 2.17. The van der Waals surface area contributed by atoms with Gasteiger partial charge in [0.15, 0.2) is 0 Å². The number of anilines is 4. The molecular weight excluding hydrogens is 320 g/mol. The third kappa shape index (κ3) is 4.00. The quantitative estimate of drug-likeness (QED) is 0.629. The number of rotatable bonds is 4. The molecule has 2 rings (SSSR count). The number of carboxylic acid groups (broad SMARTS) is 1. The molecule has 0 bridgehead atoms. The maximum atomic E-state index is 12.3. The zero-order valence-corrected chi connectivity index (χ0v) is 14.5. The molecule has 2 aromatic rings. The van der Waals surface area contributed by atoms with Crippen LogP contribution in [0.1, 0.15) is 18.1 Å². The lowest BCUT2D eigenvalue weighted by Crippen LogP contribution is -2.29. The average molecular weight is 342 g/mol. The van der Waals surface area contributed by atoms with Gasteiger partial charge < -0.3 is 21.5 Å². The van der Waals surface area contributed by atoms with E-state index in [4.69, 9.17) is 5.73 Å². The summed E-state index contributed by atoms with van der Waals surface area (Å²) in [7, 11) is 0. The summed E-state index contributed by atoms with van der Waals surface area (Å²) in [6.45, 7) is 5.66. The Bertz CT molecular complexity index is 805. The lowest BCUT2D eigenvalue weighted by atomic mass is 10.1. The zero-order chi connectivity index (χ0) is 18.6. The largest absolute Gasteiger partial charge is 0.465 e. The second-order valence-electron chi connectivity index (χ2n) is 5.58. The molecule has 0 heterocycles. The summed E-state index contributed by atoms with van der Waals surface area (Å²) < 4.78 is 0. The van der Waals surface area contributed by atoms with E-state index in [1.54, 1.807) is 50.2 Å². The number of urea groups is 1. The number of nitrogens with zero attached hydrogens (tertiary/aromatic N) is 1. The summed E-state index contributed by atoms with van der Waals surface area (Å²) in [5, 5.41) is 14.8. The molecule has 0 aliphatic heterocycles. The highest BCUT2D eigenvalue weighted by molar-refractivity contribution is 6.02. The summed E-state index contributed by atoms with van der Waals surface area (Å²) in [5.74, 6) is 0. The summed E-state index contributed by atoms with van der Waals surface area (Å²) in [6, 6.07) is 9.99. The van der Waals surface area contributed by atoms with Gasteiger partial charge in [0.2, 0.25) is 0 Å². The van der Waals surface area contributed by atoms with E-state index in [0.717, 1.165) is 5.56 Å². The number of carbonyl (C=O) groups excluding carboxylic acids is 1. The van der Waals surface area contributed by atoms with Crippen molar-refractivity contribution in [2.45, 2.75) is 20.8 Å². The van der Waals surface area contributed by atoms with Crippen LogP contribution >= 0.6 is 0 Å². The highest BCUT2D eigenvalue weighted by atomic mass is 16.4. The zero-order valence-electron chi connectivity index (χ0n) is 14.5. The Hall–Kier alpha value is -3.22. The Labute approximate surface area is 146 Å². The first kappa shape index (κ1) is 18.1. The fraction of sp³-hybridized carbons (Fsp3) is 0.222. The van der Waals surface area contributed by atoms with Crippen molar-refractivity contribution >= 4 is 34.9 Å². The van der Waals surface area contributed by atoms with Gasteiger partial charge in [-0.05, 0) is 56.2 Å². The lowest BCUT2D eigenvalue weighted by molar-refractivity contribution is 0.202. The first-order valence-corrected chi connectivity index (χ1v) is 7.88. The Morgan fingerprint density at radius 2 is 1.60 bits per heavy atom. The van der Waals surface area contributed by atoms with E-state index in [2.05, 4.69) is 10.6 Å². The van der Waals surface area contributed by atoms with Crippen LogP contribution in [-0.2, 0) is 0 Å². The second-order valence-corrected chi connectivity index (χ2v) is 5.58. The maximum absolute atomic E-state index is 12.3. The van der Waals surface area contributed by atoms with E-state index < -0.39 is 12.1 Å². The number of nitrogens with two attached hydrogens (primary N) is 1. The molecule has 0 aliphatic rings. The molecule has 0 aliphatic carbocycles. The van der Waals surface area contributed by atoms with Crippen molar-refractivity contribution < 1.29 is 14.7 Å². The Balaban J connectivity index is 2.21. The molecule has 0 atom stereocenters. The molecular formula is C18H22N4O3. The predicted molar refractivity (Wildman–Crippen MR) is 100 cm³/mol. The van der Waals surface area contributed by atoms with Crippen molar-refractivity contribution in [3.63, 3.8) is 0 Å². The van der Waals surface area contributed by atoms with Crippen molar-refractivity contribution in [1.82, 2.24) is 0 Å². The number of nitrogens with one attached hydrogen (secondary N) is 2. The second kappa shape index (κ2) is 7.57. The molecule has 0 saturated heterocycles. The van der Waals surface area contributed by atoms with E-state index >= 15 is 0 Å². The van der Waals surface area contributed by atoms with Crippen LogP contribution in [0.4, 0.5) is 32.3 Å². The minimum atomic E-state index is -1.04. The van der Waals surface area contributed by atoms with Crippen LogP contribution < -0.4 is 21.3 Å². The first-order chi connectivity index (χ1) is 11.8. The molecule has 3 amide bonds. The average Bonchev–Trinajstić information content (AvgIpc) is 2.55. The molecule has 7 nitrogen and oxygen atoms in total. The van der Waals surface area contributed by atoms with Crippen molar-refractivity contribution in [3.05, 3.63) is 47.5 Å². The molecule has 7 heteroatoms. The van der Waals surface area contributed by atoms with Gasteiger partial charge in [-0.3, -0.25) is 4.90 Å². The van der Waals surface area contributed by atoms with Gasteiger partial charge >= 0.3 is 12.1 Å². The number of nitrogen functional groups attached to an aromatic ring is 1. The predicted octanol–water partition coefficient (Wildman–Crippen LogP) is 4.03. The van der Waals surface area contributed by atoms with Gasteiger partial charge in [0.25, 0.3) is 0 Å². The monoisotopic (exact) mass is 342 g/mol. The first-order valence-electron chi connectivity index (χ1n) is 7.88. The molecule has 0 fully saturated rings. The van der Waals surface area contributed by atoms with Gasteiger partial charge in [-0.1, -0.05) is 12.1 Å². The molecule has 0 radical (unpaired) electrons. The molecule has 0 aromatic heterocycles. The summed E-state index contributed by atoms with van der Waals surface area (Å²) in [4.78, 5) is 24.9. The Morgan fingerprint density at radius 1 is 1.04 bits per heavy atom. The molecule has 0 spiro atoms. The van der Waals surface area contributed by atoms with E-state index in [-0.39, 0.29) is 0 Å². The van der Waals surface area contributed by atoms with Crippen LogP contribution in [0, 0.1) is 13.8 Å². The summed E-state index contributed by atoms with van der Waals surface area (Å²) in [5.41, 5.74) is 9.58. The third-order valence-corrected chi connectivity index (χ3v) is 4.02. The number of carbonyl (C=O) groups is 2. The lowest BCUT2D eigenvalue weighted by Gasteiger charge is -2.21. The van der Waals surface area contributed by atoms with Crippen LogP contribution in [0.3, 0.4) is 0 Å². The standard InChI is InChI=1S/C18H22N4O3/c1-4-22(18(24)25)16-10-6-9-15(12(16)3)21-17(23)20-14-8-5-7-13(19)11(14)2/h5-10H,4,19H2,1-3H3,(H,24,25)(H2,20,21,23). The van der Waals surface area contributed by atoms with Gasteiger partial charge in [-0.25, -0.2) is 9.59 Å². The summed E-state index contributed by atoms with van der Waals surface area (Å²) >= 11 is 0. The van der Waals surface area contributed by atoms with E-state index in [0.29, 0.717) is 34.9 Å². The van der Waals surface area contributed by atoms with E-state index in [1.807, 2.05) is 6.92 Å². The Morgan fingerprint density at radius 3 is 2.16 bits per heavy atom. The molecule has 2 aromatic carbocycles. The van der Waals surface area contributed by atoms with Crippen LogP contribution in [0.5, 0.6) is 0 Å². The topological polar surface area (TPSA) is 108 Å². The molecule has 0 saturated carbocycles. The summed E-state index contributed by atoms with van der Waals surface area (Å²) in [6.07, 6.45) is -1.04. The molecule has 132 valence electrons. The van der Waals surface area contributed by atoms with E-state index in [1.165, 1.54) is 4.90 Å². The minimum Gasteiger partial charge on any atom is -0.465 e. The van der Waals surface area contributed by atoms with Gasteiger partial charge in [0.05, 0.1) is 5.69 Å². The smallest absolute Gasteiger partial charge is 0.411 e. The Kier molecular flexibility index (Phi) is 5.49. The SMILES string of the molecule is CCN(C(=O)O)c1cccc(NC(=O)Nc2cccc(N)c2C)c1C. The number of benzene rings is 2. The molecule has 25 heavy (non-hydrogen) atoms. The highest BCUT2D eigenvalue weighted by Crippen LogP contribution is 2.27. The van der Waals surface area contributed by atoms with Gasteiger partial charge in [-0.15, -0.1) is 0 Å². The molecule has 5 N–H and O–H groups in total. The number of hydrogen-bond donors (Lipinski definition) is 4.